The second-order valence-corrected chi connectivity index (χ2v) is 1.99. The third kappa shape index (κ3) is 6.60. The third-order valence-corrected chi connectivity index (χ3v) is 0.972. The predicted molar refractivity (Wildman–Crippen MR) is 37.4 cm³/mol. The lowest BCUT2D eigenvalue weighted by Crippen LogP contribution is -2.18. The Hall–Kier alpha value is 0.600. The summed E-state index contributed by atoms with van der Waals surface area (Å²) in [6.07, 6.45) is 0. The van der Waals surface area contributed by atoms with Crippen molar-refractivity contribution in [2.24, 2.45) is 0 Å². The number of halogens is 1. The molecule has 0 fully saturated rings. The van der Waals surface area contributed by atoms with Gasteiger partial charge in [0.15, 0.2) is 0 Å². The summed E-state index contributed by atoms with van der Waals surface area (Å²) in [6, 6.07) is 0. The van der Waals surface area contributed by atoms with Gasteiger partial charge in [-0.2, -0.15) is 12.6 Å². The van der Waals surface area contributed by atoms with Crippen molar-refractivity contribution in [1.29, 1.82) is 0 Å². The van der Waals surface area contributed by atoms with Crippen LogP contribution in [0.1, 0.15) is 0 Å². The lowest BCUT2D eigenvalue weighted by molar-refractivity contribution is 0.773. The highest BCUT2D eigenvalue weighted by molar-refractivity contribution is 7.80. The lowest BCUT2D eigenvalue weighted by atomic mass is 10.7. The quantitative estimate of drug-likeness (QED) is 0.333. The van der Waals surface area contributed by atoms with Crippen LogP contribution in [0, 0.1) is 0 Å². The zero-order valence-electron chi connectivity index (χ0n) is 4.15. The Kier molecular flexibility index (Phi) is 7.17. The molecule has 0 rings (SSSR count). The van der Waals surface area contributed by atoms with Crippen LogP contribution in [-0.2, 0) is 0 Å². The molecule has 0 amide bonds. The first-order chi connectivity index (χ1) is 3.41. The summed E-state index contributed by atoms with van der Waals surface area (Å²) in [7, 11) is 0. The van der Waals surface area contributed by atoms with Crippen molar-refractivity contribution >= 4 is 24.2 Å². The first-order valence-electron chi connectivity index (χ1n) is 2.29. The average Bonchev–Trinajstić information content (AvgIpc) is 1.69. The molecule has 1 N–H and O–H groups in total. The molecule has 0 aliphatic carbocycles. The van der Waals surface area contributed by atoms with Gasteiger partial charge in [0.2, 0.25) is 0 Å². The van der Waals surface area contributed by atoms with Gasteiger partial charge in [-0.3, -0.25) is 0 Å². The maximum absolute atomic E-state index is 5.35. The van der Waals surface area contributed by atoms with Gasteiger partial charge in [0.05, 0.1) is 0 Å². The van der Waals surface area contributed by atoms with Crippen molar-refractivity contribution in [2.45, 2.75) is 0 Å². The monoisotopic (exact) mass is 139 g/mol. The minimum absolute atomic E-state index is 0.688. The van der Waals surface area contributed by atoms with Gasteiger partial charge in [-0.15, -0.1) is 11.6 Å². The van der Waals surface area contributed by atoms with Gasteiger partial charge in [0.25, 0.3) is 0 Å². The molecule has 0 aromatic rings. The number of hydrogen-bond acceptors (Lipinski definition) is 2. The highest BCUT2D eigenvalue weighted by Gasteiger charge is 1.78. The van der Waals surface area contributed by atoms with Gasteiger partial charge >= 0.3 is 0 Å². The van der Waals surface area contributed by atoms with Gasteiger partial charge in [0, 0.05) is 24.7 Å². The first-order valence-corrected chi connectivity index (χ1v) is 3.46. The van der Waals surface area contributed by atoms with Gasteiger partial charge < -0.3 is 5.32 Å². The molecule has 0 aliphatic heterocycles. The van der Waals surface area contributed by atoms with E-state index in [1.54, 1.807) is 0 Å². The van der Waals surface area contributed by atoms with Crippen LogP contribution in [0.4, 0.5) is 0 Å². The van der Waals surface area contributed by atoms with Crippen molar-refractivity contribution < 1.29 is 0 Å². The third-order valence-electron chi connectivity index (χ3n) is 0.560. The minimum Gasteiger partial charge on any atom is -0.315 e. The fourth-order valence-corrected chi connectivity index (χ4v) is 0.563. The van der Waals surface area contributed by atoms with Gasteiger partial charge in [-0.05, 0) is 0 Å². The van der Waals surface area contributed by atoms with E-state index in [9.17, 15) is 0 Å². The van der Waals surface area contributed by atoms with Gasteiger partial charge in [0.1, 0.15) is 0 Å². The number of thiol groups is 1. The van der Waals surface area contributed by atoms with Crippen molar-refractivity contribution in [2.75, 3.05) is 24.7 Å². The molecule has 0 spiro atoms. The lowest BCUT2D eigenvalue weighted by Gasteiger charge is -1.94. The molecule has 0 radical (unpaired) electrons. The Morgan fingerprint density at radius 1 is 1.43 bits per heavy atom. The van der Waals surface area contributed by atoms with E-state index >= 15 is 0 Å². The topological polar surface area (TPSA) is 12.0 Å². The standard InChI is InChI=1S/C4H10ClNS/c5-1-2-6-3-4-7/h6-7H,1-4H2. The molecule has 7 heavy (non-hydrogen) atoms. The van der Waals surface area contributed by atoms with Crippen LogP contribution in [0.25, 0.3) is 0 Å². The highest BCUT2D eigenvalue weighted by atomic mass is 35.5. The van der Waals surface area contributed by atoms with E-state index in [1.807, 2.05) is 0 Å². The van der Waals surface area contributed by atoms with E-state index in [0.717, 1.165) is 18.8 Å². The molecule has 0 aliphatic rings. The Labute approximate surface area is 54.8 Å². The van der Waals surface area contributed by atoms with Crippen LogP contribution in [0.5, 0.6) is 0 Å². The minimum atomic E-state index is 0.688. The second kappa shape index (κ2) is 6.60. The van der Waals surface area contributed by atoms with E-state index in [0.29, 0.717) is 5.88 Å². The molecule has 44 valence electrons. The fourth-order valence-electron chi connectivity index (χ4n) is 0.271. The smallest absolute Gasteiger partial charge is 0.0348 e. The van der Waals surface area contributed by atoms with Crippen molar-refractivity contribution in [1.82, 2.24) is 5.32 Å². The molecule has 0 aromatic heterocycles. The van der Waals surface area contributed by atoms with Crippen LogP contribution < -0.4 is 5.32 Å². The van der Waals surface area contributed by atoms with Crippen LogP contribution in [0.3, 0.4) is 0 Å². The Balaban J connectivity index is 2.45. The van der Waals surface area contributed by atoms with E-state index in [-0.39, 0.29) is 0 Å². The summed E-state index contributed by atoms with van der Waals surface area (Å²) in [5, 5.41) is 3.08. The molecule has 1 nitrogen and oxygen atoms in total. The van der Waals surface area contributed by atoms with Crippen molar-refractivity contribution in [3.05, 3.63) is 0 Å². The molecule has 3 heteroatoms. The van der Waals surface area contributed by atoms with Crippen molar-refractivity contribution in [3.63, 3.8) is 0 Å². The maximum atomic E-state index is 5.35. The van der Waals surface area contributed by atoms with E-state index in [2.05, 4.69) is 17.9 Å². The molecule has 0 heterocycles. The zero-order valence-corrected chi connectivity index (χ0v) is 5.80. The largest absolute Gasteiger partial charge is 0.315 e. The molecular weight excluding hydrogens is 130 g/mol. The SMILES string of the molecule is SCCNCCCl. The second-order valence-electron chi connectivity index (χ2n) is 1.16. The Morgan fingerprint density at radius 2 is 2.14 bits per heavy atom. The summed E-state index contributed by atoms with van der Waals surface area (Å²) < 4.78 is 0. The summed E-state index contributed by atoms with van der Waals surface area (Å²) in [6.45, 7) is 1.85. The summed E-state index contributed by atoms with van der Waals surface area (Å²) in [4.78, 5) is 0. The van der Waals surface area contributed by atoms with E-state index < -0.39 is 0 Å². The molecule has 0 aromatic carbocycles. The molecule has 0 atom stereocenters. The van der Waals surface area contributed by atoms with Gasteiger partial charge in [-0.25, -0.2) is 0 Å². The van der Waals surface area contributed by atoms with Crippen LogP contribution in [0.2, 0.25) is 0 Å². The average molecular weight is 140 g/mol. The zero-order chi connectivity index (χ0) is 5.54. The molecule has 0 saturated heterocycles. The molecule has 0 unspecified atom stereocenters. The molecular formula is C4H10ClNS. The molecule has 0 saturated carbocycles. The van der Waals surface area contributed by atoms with E-state index in [4.69, 9.17) is 11.6 Å². The number of hydrogen-bond donors (Lipinski definition) is 2. The summed E-state index contributed by atoms with van der Waals surface area (Å²) in [5.41, 5.74) is 0. The molecule has 0 bridgehead atoms. The first kappa shape index (κ1) is 7.60. The van der Waals surface area contributed by atoms with E-state index in [1.165, 1.54) is 0 Å². The number of rotatable bonds is 4. The van der Waals surface area contributed by atoms with Gasteiger partial charge in [-0.1, -0.05) is 0 Å². The van der Waals surface area contributed by atoms with Crippen LogP contribution in [-0.4, -0.2) is 24.7 Å². The van der Waals surface area contributed by atoms with Crippen molar-refractivity contribution in [3.8, 4) is 0 Å². The Bertz CT molecular complexity index is 30.9. The Morgan fingerprint density at radius 3 is 2.57 bits per heavy atom. The van der Waals surface area contributed by atoms with Crippen LogP contribution in [0.15, 0.2) is 0 Å². The summed E-state index contributed by atoms with van der Waals surface area (Å²) >= 11 is 9.34. The van der Waals surface area contributed by atoms with Crippen LogP contribution >= 0.6 is 24.2 Å². The maximum Gasteiger partial charge on any atom is 0.0348 e. The highest BCUT2D eigenvalue weighted by Crippen LogP contribution is 1.70. The fraction of sp³-hybridized carbons (Fsp3) is 1.00. The number of nitrogens with one attached hydrogen (secondary N) is 1. The normalized spacial score (nSPS) is 9.43. The summed E-state index contributed by atoms with van der Waals surface area (Å²) in [5.74, 6) is 1.57. The number of alkyl halides is 1. The predicted octanol–water partition coefficient (Wildman–Crippen LogP) is 0.745.